The molecule has 0 radical (unpaired) electrons. The van der Waals surface area contributed by atoms with E-state index in [1.807, 2.05) is 0 Å². The van der Waals surface area contributed by atoms with Gasteiger partial charge in [-0.1, -0.05) is 40.0 Å². The van der Waals surface area contributed by atoms with Crippen molar-refractivity contribution in [3.05, 3.63) is 0 Å². The number of nitrogens with zero attached hydrogens (tertiary/aromatic N) is 1. The van der Waals surface area contributed by atoms with E-state index in [2.05, 4.69) is 38.0 Å². The predicted octanol–water partition coefficient (Wildman–Crippen LogP) is 3.13. The van der Waals surface area contributed by atoms with Crippen molar-refractivity contribution < 1.29 is 0 Å². The summed E-state index contributed by atoms with van der Waals surface area (Å²) in [6.45, 7) is 10.6. The highest BCUT2D eigenvalue weighted by Gasteiger charge is 2.20. The molecule has 0 aromatic carbocycles. The van der Waals surface area contributed by atoms with Gasteiger partial charge in [0.2, 0.25) is 0 Å². The van der Waals surface area contributed by atoms with E-state index in [9.17, 15) is 0 Å². The number of nitrogens with one attached hydrogen (secondary N) is 1. The lowest BCUT2D eigenvalue weighted by atomic mass is 9.86. The van der Waals surface area contributed by atoms with Gasteiger partial charge < -0.3 is 10.2 Å². The van der Waals surface area contributed by atoms with Gasteiger partial charge in [0.15, 0.2) is 0 Å². The second kappa shape index (κ2) is 8.10. The highest BCUT2D eigenvalue weighted by molar-refractivity contribution is 4.78. The molecule has 1 fully saturated rings. The third kappa shape index (κ3) is 5.87. The first-order valence-corrected chi connectivity index (χ1v) is 7.55. The quantitative estimate of drug-likeness (QED) is 0.735. The molecule has 0 aromatic rings. The largest absolute Gasteiger partial charge is 0.312 e. The lowest BCUT2D eigenvalue weighted by Gasteiger charge is -2.30. The molecular formula is C15H32N2. The van der Waals surface area contributed by atoms with E-state index in [0.717, 1.165) is 24.4 Å². The van der Waals surface area contributed by atoms with E-state index < -0.39 is 0 Å². The fourth-order valence-corrected chi connectivity index (χ4v) is 2.81. The zero-order valence-corrected chi connectivity index (χ0v) is 12.3. The molecular weight excluding hydrogens is 208 g/mol. The molecule has 1 N–H and O–H groups in total. The summed E-state index contributed by atoms with van der Waals surface area (Å²) in [6.07, 6.45) is 6.95. The molecule has 1 aliphatic carbocycles. The summed E-state index contributed by atoms with van der Waals surface area (Å²) in [4.78, 5) is 2.47. The molecule has 1 saturated carbocycles. The van der Waals surface area contributed by atoms with Gasteiger partial charge in [0, 0.05) is 25.7 Å². The average molecular weight is 240 g/mol. The van der Waals surface area contributed by atoms with Crippen LogP contribution in [0.25, 0.3) is 0 Å². The van der Waals surface area contributed by atoms with E-state index in [1.165, 1.54) is 45.2 Å². The average Bonchev–Trinajstić information content (AvgIpc) is 2.31. The summed E-state index contributed by atoms with van der Waals surface area (Å²) >= 11 is 0. The first-order chi connectivity index (χ1) is 8.13. The Balaban J connectivity index is 2.09. The zero-order valence-electron chi connectivity index (χ0n) is 12.3. The lowest BCUT2D eigenvalue weighted by molar-refractivity contribution is 0.246. The molecule has 3 atom stereocenters. The van der Waals surface area contributed by atoms with Crippen LogP contribution in [0.2, 0.25) is 0 Å². The van der Waals surface area contributed by atoms with Crippen LogP contribution < -0.4 is 5.32 Å². The van der Waals surface area contributed by atoms with Gasteiger partial charge in [-0.15, -0.1) is 0 Å². The molecule has 0 saturated heterocycles. The third-order valence-corrected chi connectivity index (χ3v) is 4.33. The molecule has 3 unspecified atom stereocenters. The Kier molecular flexibility index (Phi) is 7.14. The number of hydrogen-bond donors (Lipinski definition) is 1. The fourth-order valence-electron chi connectivity index (χ4n) is 2.81. The summed E-state index contributed by atoms with van der Waals surface area (Å²) in [7, 11) is 2.25. The highest BCUT2D eigenvalue weighted by Crippen LogP contribution is 2.23. The van der Waals surface area contributed by atoms with Crippen LogP contribution in [0, 0.1) is 11.8 Å². The van der Waals surface area contributed by atoms with E-state index in [1.54, 1.807) is 0 Å². The Bertz CT molecular complexity index is 193. The van der Waals surface area contributed by atoms with Crippen molar-refractivity contribution in [2.45, 2.75) is 58.9 Å². The predicted molar refractivity (Wildman–Crippen MR) is 76.4 cm³/mol. The molecule has 17 heavy (non-hydrogen) atoms. The van der Waals surface area contributed by atoms with Crippen molar-refractivity contribution >= 4 is 0 Å². The lowest BCUT2D eigenvalue weighted by Crippen LogP contribution is -2.41. The Hall–Kier alpha value is -0.0800. The molecule has 0 heterocycles. The normalized spacial score (nSPS) is 27.4. The van der Waals surface area contributed by atoms with Crippen molar-refractivity contribution in [1.29, 1.82) is 0 Å². The van der Waals surface area contributed by atoms with Crippen molar-refractivity contribution in [2.75, 3.05) is 26.7 Å². The van der Waals surface area contributed by atoms with Gasteiger partial charge in [-0.25, -0.2) is 0 Å². The maximum atomic E-state index is 3.75. The standard InChI is InChI=1S/C15H32N2/c1-5-13(2)12-17(4)11-10-16-15-9-7-6-8-14(15)3/h13-16H,5-12H2,1-4H3. The van der Waals surface area contributed by atoms with Crippen molar-refractivity contribution in [1.82, 2.24) is 10.2 Å². The highest BCUT2D eigenvalue weighted by atomic mass is 15.1. The molecule has 1 rings (SSSR count). The molecule has 0 aliphatic heterocycles. The van der Waals surface area contributed by atoms with Crippen LogP contribution in [0.3, 0.4) is 0 Å². The molecule has 0 spiro atoms. The van der Waals surface area contributed by atoms with Gasteiger partial charge in [-0.05, 0) is 31.7 Å². The second-order valence-corrected chi connectivity index (χ2v) is 6.10. The zero-order chi connectivity index (χ0) is 12.7. The van der Waals surface area contributed by atoms with Gasteiger partial charge in [-0.3, -0.25) is 0 Å². The monoisotopic (exact) mass is 240 g/mol. The summed E-state index contributed by atoms with van der Waals surface area (Å²) in [5.74, 6) is 1.71. The summed E-state index contributed by atoms with van der Waals surface area (Å²) in [5, 5.41) is 3.75. The van der Waals surface area contributed by atoms with Crippen LogP contribution in [0.15, 0.2) is 0 Å². The van der Waals surface area contributed by atoms with Crippen molar-refractivity contribution in [3.8, 4) is 0 Å². The molecule has 1 aliphatic rings. The summed E-state index contributed by atoms with van der Waals surface area (Å²) in [5.41, 5.74) is 0. The third-order valence-electron chi connectivity index (χ3n) is 4.33. The Labute approximate surface area is 108 Å². The van der Waals surface area contributed by atoms with Crippen LogP contribution in [-0.4, -0.2) is 37.6 Å². The van der Waals surface area contributed by atoms with Gasteiger partial charge in [0.25, 0.3) is 0 Å². The first kappa shape index (κ1) is 15.0. The van der Waals surface area contributed by atoms with Gasteiger partial charge in [0.1, 0.15) is 0 Å². The van der Waals surface area contributed by atoms with E-state index in [0.29, 0.717) is 0 Å². The Morgan fingerprint density at radius 2 is 2.00 bits per heavy atom. The van der Waals surface area contributed by atoms with Gasteiger partial charge in [-0.2, -0.15) is 0 Å². The summed E-state index contributed by atoms with van der Waals surface area (Å²) in [6, 6.07) is 0.778. The maximum Gasteiger partial charge on any atom is 0.0104 e. The topological polar surface area (TPSA) is 15.3 Å². The van der Waals surface area contributed by atoms with Crippen LogP contribution >= 0.6 is 0 Å². The van der Waals surface area contributed by atoms with Crippen molar-refractivity contribution in [2.24, 2.45) is 11.8 Å². The molecule has 0 amide bonds. The number of rotatable bonds is 7. The number of hydrogen-bond acceptors (Lipinski definition) is 2. The van der Waals surface area contributed by atoms with Crippen LogP contribution in [0.1, 0.15) is 52.9 Å². The number of likely N-dealkylation sites (N-methyl/N-ethyl adjacent to an activating group) is 1. The minimum atomic E-state index is 0.778. The van der Waals surface area contributed by atoms with Gasteiger partial charge in [0.05, 0.1) is 0 Å². The van der Waals surface area contributed by atoms with Gasteiger partial charge >= 0.3 is 0 Å². The van der Waals surface area contributed by atoms with E-state index in [-0.39, 0.29) is 0 Å². The SMILES string of the molecule is CCC(C)CN(C)CCNC1CCCCC1C. The van der Waals surface area contributed by atoms with Crippen LogP contribution in [0.4, 0.5) is 0 Å². The molecule has 2 heteroatoms. The first-order valence-electron chi connectivity index (χ1n) is 7.55. The minimum Gasteiger partial charge on any atom is -0.312 e. The van der Waals surface area contributed by atoms with Crippen LogP contribution in [-0.2, 0) is 0 Å². The van der Waals surface area contributed by atoms with Crippen molar-refractivity contribution in [3.63, 3.8) is 0 Å². The smallest absolute Gasteiger partial charge is 0.0104 e. The second-order valence-electron chi connectivity index (χ2n) is 6.10. The molecule has 102 valence electrons. The fraction of sp³-hybridized carbons (Fsp3) is 1.00. The summed E-state index contributed by atoms with van der Waals surface area (Å²) < 4.78 is 0. The van der Waals surface area contributed by atoms with Crippen LogP contribution in [0.5, 0.6) is 0 Å². The Morgan fingerprint density at radius 3 is 2.65 bits per heavy atom. The molecule has 0 bridgehead atoms. The Morgan fingerprint density at radius 1 is 1.29 bits per heavy atom. The molecule has 0 aromatic heterocycles. The molecule has 2 nitrogen and oxygen atoms in total. The maximum absolute atomic E-state index is 3.75. The minimum absolute atomic E-state index is 0.778. The van der Waals surface area contributed by atoms with E-state index in [4.69, 9.17) is 0 Å². The van der Waals surface area contributed by atoms with E-state index >= 15 is 0 Å².